The normalized spacial score (nSPS) is 11.5. The second-order valence-electron chi connectivity index (χ2n) is 4.61. The van der Waals surface area contributed by atoms with Crippen LogP contribution in [-0.4, -0.2) is 0 Å². The zero-order chi connectivity index (χ0) is 15.6. The highest BCUT2D eigenvalue weighted by Crippen LogP contribution is 2.33. The molecule has 1 nitrogen and oxygen atoms in total. The Morgan fingerprint density at radius 3 is 2.24 bits per heavy atom. The van der Waals surface area contributed by atoms with E-state index in [0.717, 1.165) is 12.1 Å². The van der Waals surface area contributed by atoms with Crippen LogP contribution in [0.25, 0.3) is 0 Å². The minimum Gasteiger partial charge on any atom is -0.381 e. The van der Waals surface area contributed by atoms with Crippen molar-refractivity contribution in [3.63, 3.8) is 0 Å². The molecule has 0 radical (unpaired) electrons. The Kier molecular flexibility index (Phi) is 4.16. The fraction of sp³-hybridized carbons (Fsp3) is 0.200. The molecule has 0 aliphatic rings. The quantitative estimate of drug-likeness (QED) is 0.795. The van der Waals surface area contributed by atoms with E-state index in [-0.39, 0.29) is 12.1 Å². The number of hydrogen-bond donors (Lipinski definition) is 1. The van der Waals surface area contributed by atoms with Gasteiger partial charge >= 0.3 is 6.18 Å². The van der Waals surface area contributed by atoms with E-state index in [1.54, 1.807) is 6.92 Å². The van der Waals surface area contributed by atoms with E-state index in [9.17, 15) is 22.0 Å². The van der Waals surface area contributed by atoms with Gasteiger partial charge in [0.15, 0.2) is 0 Å². The number of anilines is 1. The Bertz CT molecular complexity index is 649. The van der Waals surface area contributed by atoms with Gasteiger partial charge in [-0.15, -0.1) is 0 Å². The van der Waals surface area contributed by atoms with Gasteiger partial charge in [0.05, 0.1) is 5.56 Å². The third-order valence-corrected chi connectivity index (χ3v) is 3.05. The molecule has 112 valence electrons. The molecule has 0 amide bonds. The van der Waals surface area contributed by atoms with Crippen molar-refractivity contribution >= 4 is 5.69 Å². The zero-order valence-corrected chi connectivity index (χ0v) is 11.1. The summed E-state index contributed by atoms with van der Waals surface area (Å²) in [6.07, 6.45) is -4.64. The van der Waals surface area contributed by atoms with Crippen LogP contribution in [0.4, 0.5) is 27.6 Å². The molecule has 6 heteroatoms. The highest BCUT2D eigenvalue weighted by atomic mass is 19.4. The molecule has 21 heavy (non-hydrogen) atoms. The molecule has 2 aromatic rings. The van der Waals surface area contributed by atoms with E-state index in [1.807, 2.05) is 0 Å². The average molecular weight is 301 g/mol. The SMILES string of the molecule is Cc1ccc(F)cc1NCc1ccc(F)cc1C(F)(F)F. The fourth-order valence-corrected chi connectivity index (χ4v) is 1.94. The van der Waals surface area contributed by atoms with Gasteiger partial charge in [-0.2, -0.15) is 13.2 Å². The Morgan fingerprint density at radius 2 is 1.57 bits per heavy atom. The standard InChI is InChI=1S/C15H12F5N/c1-9-2-4-12(17)7-14(9)21-8-10-3-5-11(16)6-13(10)15(18,19)20/h2-7,21H,8H2,1H3. The lowest BCUT2D eigenvalue weighted by Crippen LogP contribution is -2.12. The second-order valence-corrected chi connectivity index (χ2v) is 4.61. The summed E-state index contributed by atoms with van der Waals surface area (Å²) in [7, 11) is 0. The summed E-state index contributed by atoms with van der Waals surface area (Å²) in [6, 6.07) is 6.47. The number of hydrogen-bond acceptors (Lipinski definition) is 1. The van der Waals surface area contributed by atoms with Gasteiger partial charge in [0, 0.05) is 12.2 Å². The minimum absolute atomic E-state index is 0.104. The molecule has 0 unspecified atom stereocenters. The maximum absolute atomic E-state index is 13.1. The van der Waals surface area contributed by atoms with Crippen LogP contribution in [0.2, 0.25) is 0 Å². The van der Waals surface area contributed by atoms with Crippen LogP contribution in [-0.2, 0) is 12.7 Å². The Hall–Kier alpha value is -2.11. The van der Waals surface area contributed by atoms with E-state index in [2.05, 4.69) is 5.32 Å². The Balaban J connectivity index is 2.26. The summed E-state index contributed by atoms with van der Waals surface area (Å²) >= 11 is 0. The van der Waals surface area contributed by atoms with Crippen LogP contribution in [0, 0.1) is 18.6 Å². The molecular weight excluding hydrogens is 289 g/mol. The van der Waals surface area contributed by atoms with Crippen LogP contribution in [0.5, 0.6) is 0 Å². The molecular formula is C15H12F5N. The van der Waals surface area contributed by atoms with Crippen molar-refractivity contribution in [2.24, 2.45) is 0 Å². The van der Waals surface area contributed by atoms with Gasteiger partial charge in [-0.3, -0.25) is 0 Å². The highest BCUT2D eigenvalue weighted by Gasteiger charge is 2.33. The maximum atomic E-state index is 13.1. The highest BCUT2D eigenvalue weighted by molar-refractivity contribution is 5.51. The molecule has 0 atom stereocenters. The maximum Gasteiger partial charge on any atom is 0.416 e. The zero-order valence-electron chi connectivity index (χ0n) is 11.1. The van der Waals surface area contributed by atoms with Gasteiger partial charge in [-0.1, -0.05) is 12.1 Å². The largest absolute Gasteiger partial charge is 0.416 e. The number of alkyl halides is 3. The monoisotopic (exact) mass is 301 g/mol. The minimum atomic E-state index is -4.64. The van der Waals surface area contributed by atoms with E-state index in [4.69, 9.17) is 0 Å². The number of benzene rings is 2. The van der Waals surface area contributed by atoms with E-state index < -0.39 is 23.4 Å². The first-order valence-electron chi connectivity index (χ1n) is 6.13. The molecule has 2 aromatic carbocycles. The van der Waals surface area contributed by atoms with Crippen molar-refractivity contribution < 1.29 is 22.0 Å². The van der Waals surface area contributed by atoms with Gasteiger partial charge < -0.3 is 5.32 Å². The molecule has 0 saturated carbocycles. The van der Waals surface area contributed by atoms with Crippen LogP contribution >= 0.6 is 0 Å². The van der Waals surface area contributed by atoms with Crippen molar-refractivity contribution in [2.75, 3.05) is 5.32 Å². The molecule has 0 aliphatic carbocycles. The molecule has 2 rings (SSSR count). The Morgan fingerprint density at radius 1 is 0.952 bits per heavy atom. The molecule has 0 heterocycles. The van der Waals surface area contributed by atoms with Crippen molar-refractivity contribution in [1.82, 2.24) is 0 Å². The molecule has 0 aromatic heterocycles. The van der Waals surface area contributed by atoms with Crippen molar-refractivity contribution in [3.05, 3.63) is 64.7 Å². The lowest BCUT2D eigenvalue weighted by atomic mass is 10.1. The number of halogens is 5. The second kappa shape index (κ2) is 5.71. The lowest BCUT2D eigenvalue weighted by Gasteiger charge is -2.15. The summed E-state index contributed by atoms with van der Waals surface area (Å²) in [5.74, 6) is -1.44. The van der Waals surface area contributed by atoms with Gasteiger partial charge in [-0.25, -0.2) is 8.78 Å². The van der Waals surface area contributed by atoms with E-state index in [1.165, 1.54) is 18.2 Å². The van der Waals surface area contributed by atoms with Crippen LogP contribution in [0.3, 0.4) is 0 Å². The van der Waals surface area contributed by atoms with Crippen molar-refractivity contribution in [1.29, 1.82) is 0 Å². The lowest BCUT2D eigenvalue weighted by molar-refractivity contribution is -0.138. The molecule has 0 bridgehead atoms. The van der Waals surface area contributed by atoms with Gasteiger partial charge in [0.1, 0.15) is 11.6 Å². The first-order valence-corrected chi connectivity index (χ1v) is 6.13. The molecule has 0 spiro atoms. The van der Waals surface area contributed by atoms with Crippen molar-refractivity contribution in [3.8, 4) is 0 Å². The molecule has 0 fully saturated rings. The van der Waals surface area contributed by atoms with Crippen LogP contribution < -0.4 is 5.32 Å². The average Bonchev–Trinajstić information content (AvgIpc) is 2.40. The van der Waals surface area contributed by atoms with Gasteiger partial charge in [0.25, 0.3) is 0 Å². The third-order valence-electron chi connectivity index (χ3n) is 3.05. The first-order chi connectivity index (χ1) is 9.77. The third kappa shape index (κ3) is 3.71. The predicted molar refractivity (Wildman–Crippen MR) is 69.9 cm³/mol. The number of aryl methyl sites for hydroxylation is 1. The van der Waals surface area contributed by atoms with Crippen LogP contribution in [0.15, 0.2) is 36.4 Å². The smallest absolute Gasteiger partial charge is 0.381 e. The summed E-state index contributed by atoms with van der Waals surface area (Å²) in [4.78, 5) is 0. The van der Waals surface area contributed by atoms with Gasteiger partial charge in [-0.05, 0) is 42.3 Å². The summed E-state index contributed by atoms with van der Waals surface area (Å²) in [5.41, 5.74) is -0.0452. The van der Waals surface area contributed by atoms with Gasteiger partial charge in [0.2, 0.25) is 0 Å². The number of nitrogens with one attached hydrogen (secondary N) is 1. The Labute approximate surface area is 118 Å². The molecule has 0 aliphatic heterocycles. The van der Waals surface area contributed by atoms with Crippen molar-refractivity contribution in [2.45, 2.75) is 19.6 Å². The van der Waals surface area contributed by atoms with Crippen LogP contribution in [0.1, 0.15) is 16.7 Å². The predicted octanol–water partition coefficient (Wildman–Crippen LogP) is 4.90. The molecule has 0 saturated heterocycles. The van der Waals surface area contributed by atoms with E-state index >= 15 is 0 Å². The first kappa shape index (κ1) is 15.3. The molecule has 1 N–H and O–H groups in total. The number of rotatable bonds is 3. The fourth-order valence-electron chi connectivity index (χ4n) is 1.94. The summed E-state index contributed by atoms with van der Waals surface area (Å²) in [6.45, 7) is 1.52. The summed E-state index contributed by atoms with van der Waals surface area (Å²) in [5, 5.41) is 2.74. The topological polar surface area (TPSA) is 12.0 Å². The van der Waals surface area contributed by atoms with E-state index in [0.29, 0.717) is 17.3 Å². The summed E-state index contributed by atoms with van der Waals surface area (Å²) < 4.78 is 64.6.